The number of aromatic nitrogens is 2. The lowest BCUT2D eigenvalue weighted by atomic mass is 10.1. The van der Waals surface area contributed by atoms with Gasteiger partial charge >= 0.3 is 6.03 Å². The van der Waals surface area contributed by atoms with Crippen LogP contribution >= 0.6 is 11.6 Å². The minimum Gasteiger partial charge on any atom is -0.353 e. The van der Waals surface area contributed by atoms with Crippen LogP contribution in [-0.4, -0.2) is 102 Å². The number of hydrogen-bond acceptors (Lipinski definition) is 6. The number of nitrogens with zero attached hydrogens (tertiary/aromatic N) is 6. The number of carbonyl (C=O) groups is 2. The fourth-order valence-corrected chi connectivity index (χ4v) is 4.52. The number of likely N-dealkylation sites (N-methyl/N-ethyl adjacent to an activating group) is 1. The van der Waals surface area contributed by atoms with Gasteiger partial charge in [-0.1, -0.05) is 43.6 Å². The summed E-state index contributed by atoms with van der Waals surface area (Å²) in [6.07, 6.45) is 0.820. The van der Waals surface area contributed by atoms with Crippen molar-refractivity contribution in [3.8, 4) is 11.3 Å². The summed E-state index contributed by atoms with van der Waals surface area (Å²) in [5, 5.41) is 12.3. The zero-order valence-electron chi connectivity index (χ0n) is 21.6. The van der Waals surface area contributed by atoms with Crippen LogP contribution in [-0.2, 0) is 4.79 Å². The van der Waals surface area contributed by atoms with Gasteiger partial charge in [-0.3, -0.25) is 4.79 Å². The van der Waals surface area contributed by atoms with Gasteiger partial charge in [-0.15, -0.1) is 10.2 Å². The molecule has 0 aliphatic carbocycles. The first-order valence-corrected chi connectivity index (χ1v) is 13.2. The van der Waals surface area contributed by atoms with E-state index in [1.54, 1.807) is 4.90 Å². The van der Waals surface area contributed by atoms with E-state index in [1.165, 1.54) is 0 Å². The lowest BCUT2D eigenvalue weighted by Gasteiger charge is -2.29. The molecule has 1 aromatic carbocycles. The normalized spacial score (nSPS) is 14.0. The van der Waals surface area contributed by atoms with E-state index in [2.05, 4.69) is 39.2 Å². The average Bonchev–Trinajstić information content (AvgIpc) is 3.15. The molecule has 1 aromatic heterocycles. The third-order valence-corrected chi connectivity index (χ3v) is 6.82. The van der Waals surface area contributed by atoms with Crippen molar-refractivity contribution in [2.75, 3.05) is 70.3 Å². The topological polar surface area (TPSA) is 84.9 Å². The molecule has 2 aromatic rings. The average molecular weight is 516 g/mol. The molecule has 1 N–H and O–H groups in total. The van der Waals surface area contributed by atoms with Gasteiger partial charge in [0.1, 0.15) is 6.54 Å². The van der Waals surface area contributed by atoms with E-state index in [-0.39, 0.29) is 18.5 Å². The first kappa shape index (κ1) is 27.7. The Bertz CT molecular complexity index is 985. The molecule has 0 saturated carbocycles. The molecule has 36 heavy (non-hydrogen) atoms. The van der Waals surface area contributed by atoms with Crippen molar-refractivity contribution in [3.05, 3.63) is 41.4 Å². The summed E-state index contributed by atoms with van der Waals surface area (Å²) in [6, 6.07) is 11.3. The van der Waals surface area contributed by atoms with Crippen LogP contribution in [0.4, 0.5) is 10.6 Å². The number of hydrogen-bond donors (Lipinski definition) is 1. The monoisotopic (exact) mass is 515 g/mol. The maximum absolute atomic E-state index is 13.2. The summed E-state index contributed by atoms with van der Waals surface area (Å²) in [7, 11) is 0. The number of carbonyl (C=O) groups excluding carboxylic acids is 2. The van der Waals surface area contributed by atoms with Crippen molar-refractivity contribution in [3.63, 3.8) is 0 Å². The largest absolute Gasteiger partial charge is 0.353 e. The lowest BCUT2D eigenvalue weighted by molar-refractivity contribution is -0.131. The molecule has 10 heteroatoms. The molecule has 9 nitrogen and oxygen atoms in total. The van der Waals surface area contributed by atoms with Crippen molar-refractivity contribution >= 4 is 29.4 Å². The summed E-state index contributed by atoms with van der Waals surface area (Å²) in [5.41, 5.74) is 1.58. The Labute approximate surface area is 219 Å². The van der Waals surface area contributed by atoms with Gasteiger partial charge in [0.25, 0.3) is 0 Å². The van der Waals surface area contributed by atoms with Gasteiger partial charge in [0.2, 0.25) is 5.91 Å². The van der Waals surface area contributed by atoms with E-state index in [0.717, 1.165) is 49.7 Å². The highest BCUT2D eigenvalue weighted by atomic mass is 35.5. The Morgan fingerprint density at radius 2 is 1.75 bits per heavy atom. The number of rotatable bonds is 10. The van der Waals surface area contributed by atoms with Crippen LogP contribution in [0.5, 0.6) is 0 Å². The van der Waals surface area contributed by atoms with Gasteiger partial charge in [-0.05, 0) is 44.6 Å². The molecular weight excluding hydrogens is 478 g/mol. The van der Waals surface area contributed by atoms with Crippen molar-refractivity contribution in [1.29, 1.82) is 0 Å². The predicted octanol–water partition coefficient (Wildman–Crippen LogP) is 3.21. The molecule has 196 valence electrons. The first-order valence-electron chi connectivity index (χ1n) is 12.8. The van der Waals surface area contributed by atoms with E-state index in [9.17, 15) is 9.59 Å². The predicted molar refractivity (Wildman–Crippen MR) is 144 cm³/mol. The number of anilines is 1. The Hall–Kier alpha value is -2.91. The zero-order valence-corrected chi connectivity index (χ0v) is 22.4. The third kappa shape index (κ3) is 7.54. The number of urea groups is 1. The summed E-state index contributed by atoms with van der Waals surface area (Å²) in [4.78, 5) is 33.6. The molecule has 3 amide bonds. The highest BCUT2D eigenvalue weighted by Crippen LogP contribution is 2.26. The van der Waals surface area contributed by atoms with Crippen LogP contribution in [0.25, 0.3) is 11.3 Å². The second kappa shape index (κ2) is 14.0. The zero-order chi connectivity index (χ0) is 25.9. The Morgan fingerprint density at radius 1 is 0.972 bits per heavy atom. The van der Waals surface area contributed by atoms with E-state index < -0.39 is 0 Å². The number of amides is 3. The molecule has 1 aliphatic heterocycles. The standard InChI is InChI=1S/C26H38ClN7O2/c1-4-28-26(36)34(17-16-31(5-2)6-3)20-25(35)33-15-9-14-32(18-19-33)24-13-12-23(29-30-24)21-10-7-8-11-22(21)27/h7-8,10-13H,4-6,9,14-20H2,1-3H3,(H,28,36). The molecule has 0 radical (unpaired) electrons. The van der Waals surface area contributed by atoms with Crippen molar-refractivity contribution in [1.82, 2.24) is 30.2 Å². The van der Waals surface area contributed by atoms with Crippen LogP contribution < -0.4 is 10.2 Å². The second-order valence-corrected chi connectivity index (χ2v) is 9.17. The van der Waals surface area contributed by atoms with E-state index in [4.69, 9.17) is 11.6 Å². The smallest absolute Gasteiger partial charge is 0.317 e. The fraction of sp³-hybridized carbons (Fsp3) is 0.538. The quantitative estimate of drug-likeness (QED) is 0.523. The SMILES string of the molecule is CCNC(=O)N(CCN(CC)CC)CC(=O)N1CCCN(c2ccc(-c3ccccc3Cl)nn2)CC1. The van der Waals surface area contributed by atoms with Crippen LogP contribution in [0, 0.1) is 0 Å². The van der Waals surface area contributed by atoms with Crippen LogP contribution in [0.1, 0.15) is 27.2 Å². The molecule has 0 spiro atoms. The summed E-state index contributed by atoms with van der Waals surface area (Å²) < 4.78 is 0. The van der Waals surface area contributed by atoms with Crippen molar-refractivity contribution < 1.29 is 9.59 Å². The number of nitrogens with one attached hydrogen (secondary N) is 1. The Kier molecular flexibility index (Phi) is 10.8. The van der Waals surface area contributed by atoms with E-state index in [1.807, 2.05) is 48.2 Å². The van der Waals surface area contributed by atoms with E-state index >= 15 is 0 Å². The van der Waals surface area contributed by atoms with Crippen molar-refractivity contribution in [2.24, 2.45) is 0 Å². The summed E-state index contributed by atoms with van der Waals surface area (Å²) >= 11 is 6.29. The maximum Gasteiger partial charge on any atom is 0.317 e. The first-order chi connectivity index (χ1) is 17.5. The molecule has 3 rings (SSSR count). The minimum atomic E-state index is -0.191. The molecule has 2 heterocycles. The summed E-state index contributed by atoms with van der Waals surface area (Å²) in [6.45, 7) is 12.5. The second-order valence-electron chi connectivity index (χ2n) is 8.76. The van der Waals surface area contributed by atoms with E-state index in [0.29, 0.717) is 37.7 Å². The van der Waals surface area contributed by atoms with Gasteiger partial charge in [-0.2, -0.15) is 0 Å². The van der Waals surface area contributed by atoms with Gasteiger partial charge in [0, 0.05) is 51.4 Å². The van der Waals surface area contributed by atoms with Gasteiger partial charge in [0.05, 0.1) is 10.7 Å². The van der Waals surface area contributed by atoms with Gasteiger partial charge < -0.3 is 24.9 Å². The molecule has 1 aliphatic rings. The molecule has 0 unspecified atom stereocenters. The van der Waals surface area contributed by atoms with Crippen LogP contribution in [0.15, 0.2) is 36.4 Å². The van der Waals surface area contributed by atoms with Gasteiger partial charge in [-0.25, -0.2) is 4.79 Å². The number of halogens is 1. The Morgan fingerprint density at radius 3 is 2.42 bits per heavy atom. The van der Waals surface area contributed by atoms with Crippen LogP contribution in [0.2, 0.25) is 5.02 Å². The minimum absolute atomic E-state index is 0.0252. The number of benzene rings is 1. The highest BCUT2D eigenvalue weighted by Gasteiger charge is 2.24. The highest BCUT2D eigenvalue weighted by molar-refractivity contribution is 6.33. The molecular formula is C26H38ClN7O2. The van der Waals surface area contributed by atoms with Crippen LogP contribution in [0.3, 0.4) is 0 Å². The summed E-state index contributed by atoms with van der Waals surface area (Å²) in [5.74, 6) is 0.756. The molecule has 0 bridgehead atoms. The Balaban J connectivity index is 1.59. The van der Waals surface area contributed by atoms with Crippen molar-refractivity contribution in [2.45, 2.75) is 27.2 Å². The molecule has 1 saturated heterocycles. The van der Waals surface area contributed by atoms with Gasteiger partial charge in [0.15, 0.2) is 5.82 Å². The maximum atomic E-state index is 13.2. The third-order valence-electron chi connectivity index (χ3n) is 6.49. The molecule has 1 fully saturated rings. The lowest BCUT2D eigenvalue weighted by Crippen LogP contribution is -2.49. The molecule has 0 atom stereocenters. The fourth-order valence-electron chi connectivity index (χ4n) is 4.28.